The molecule has 0 saturated carbocycles. The lowest BCUT2D eigenvalue weighted by molar-refractivity contribution is -0.230. The average Bonchev–Trinajstić information content (AvgIpc) is 2.97. The molecule has 100 valence electrons. The quantitative estimate of drug-likeness (QED) is 0.641. The third kappa shape index (κ3) is 3.85. The maximum Gasteiger partial charge on any atom is 0.271 e. The van der Waals surface area contributed by atoms with Crippen molar-refractivity contribution in [2.24, 2.45) is 0 Å². The summed E-state index contributed by atoms with van der Waals surface area (Å²) in [6.07, 6.45) is -0.194. The van der Waals surface area contributed by atoms with E-state index in [4.69, 9.17) is 33.2 Å². The maximum absolute atomic E-state index is 5.47. The molecule has 7 nitrogen and oxygen atoms in total. The van der Waals surface area contributed by atoms with Crippen molar-refractivity contribution in [3.8, 4) is 0 Å². The average molecular weight is 250 g/mol. The molecule has 0 aliphatic carbocycles. The van der Waals surface area contributed by atoms with Gasteiger partial charge in [0, 0.05) is 14.2 Å². The van der Waals surface area contributed by atoms with E-state index < -0.39 is 13.0 Å². The first-order valence-corrected chi connectivity index (χ1v) is 5.49. The zero-order chi connectivity index (χ0) is 12.1. The molecule has 0 aromatic carbocycles. The molecule has 2 aliphatic rings. The Hall–Kier alpha value is -0.280. The van der Waals surface area contributed by atoms with Crippen LogP contribution in [0.1, 0.15) is 0 Å². The molecule has 2 rings (SSSR count). The molecule has 2 fully saturated rings. The Balaban J connectivity index is 1.55. The fourth-order valence-corrected chi connectivity index (χ4v) is 1.60. The van der Waals surface area contributed by atoms with Crippen LogP contribution in [0.25, 0.3) is 0 Å². The minimum absolute atomic E-state index is 0.0968. The van der Waals surface area contributed by atoms with Crippen LogP contribution in [0.5, 0.6) is 0 Å². The lowest BCUT2D eigenvalue weighted by atomic mass is 10.4. The predicted octanol–water partition coefficient (Wildman–Crippen LogP) is -0.306. The van der Waals surface area contributed by atoms with Gasteiger partial charge in [-0.15, -0.1) is 0 Å². The van der Waals surface area contributed by atoms with E-state index in [1.807, 2.05) is 0 Å². The van der Waals surface area contributed by atoms with Gasteiger partial charge in [-0.1, -0.05) is 0 Å². The Morgan fingerprint density at radius 3 is 1.71 bits per heavy atom. The first-order chi connectivity index (χ1) is 8.31. The summed E-state index contributed by atoms with van der Waals surface area (Å²) in [5, 5.41) is 0. The number of ether oxygens (including phenoxy) is 7. The van der Waals surface area contributed by atoms with Crippen molar-refractivity contribution < 1.29 is 33.2 Å². The number of methoxy groups -OCH3 is 2. The van der Waals surface area contributed by atoms with E-state index >= 15 is 0 Å². The summed E-state index contributed by atoms with van der Waals surface area (Å²) >= 11 is 0. The molecule has 4 atom stereocenters. The highest BCUT2D eigenvalue weighted by Crippen LogP contribution is 2.14. The number of hydrogen-bond acceptors (Lipinski definition) is 7. The minimum Gasteiger partial charge on any atom is -0.376 e. The molecule has 7 heteroatoms. The largest absolute Gasteiger partial charge is 0.376 e. The van der Waals surface area contributed by atoms with Crippen LogP contribution in [0.3, 0.4) is 0 Å². The van der Waals surface area contributed by atoms with Crippen molar-refractivity contribution in [3.05, 3.63) is 0 Å². The van der Waals surface area contributed by atoms with E-state index in [0.717, 1.165) is 0 Å². The van der Waals surface area contributed by atoms with Crippen molar-refractivity contribution in [2.45, 2.75) is 25.2 Å². The first kappa shape index (κ1) is 13.2. The van der Waals surface area contributed by atoms with Gasteiger partial charge in [-0.05, 0) is 0 Å². The van der Waals surface area contributed by atoms with Crippen molar-refractivity contribution in [1.82, 2.24) is 0 Å². The molecule has 0 radical (unpaired) electrons. The molecule has 0 spiro atoms. The molecular formula is C10H18O7. The lowest BCUT2D eigenvalue weighted by Gasteiger charge is -2.13. The first-order valence-electron chi connectivity index (χ1n) is 5.49. The molecule has 4 unspecified atom stereocenters. The Bertz CT molecular complexity index is 203. The van der Waals surface area contributed by atoms with Gasteiger partial charge in [0.25, 0.3) is 13.0 Å². The van der Waals surface area contributed by atoms with Gasteiger partial charge in [-0.3, -0.25) is 0 Å². The zero-order valence-electron chi connectivity index (χ0n) is 10.00. The molecule has 0 N–H and O–H groups in total. The summed E-state index contributed by atoms with van der Waals surface area (Å²) in [6, 6.07) is 0. The van der Waals surface area contributed by atoms with Crippen LogP contribution in [-0.4, -0.2) is 65.8 Å². The molecule has 2 saturated heterocycles. The smallest absolute Gasteiger partial charge is 0.271 e. The fraction of sp³-hybridized carbons (Fsp3) is 1.00. The predicted molar refractivity (Wildman–Crippen MR) is 54.1 cm³/mol. The summed E-state index contributed by atoms with van der Waals surface area (Å²) in [5.41, 5.74) is 0. The van der Waals surface area contributed by atoms with Gasteiger partial charge in [0.15, 0.2) is 0 Å². The summed E-state index contributed by atoms with van der Waals surface area (Å²) in [5.74, 6) is 0. The van der Waals surface area contributed by atoms with Gasteiger partial charge in [0.2, 0.25) is 0 Å². The second kappa shape index (κ2) is 6.60. The Morgan fingerprint density at radius 2 is 1.35 bits per heavy atom. The van der Waals surface area contributed by atoms with Gasteiger partial charge in [-0.25, -0.2) is 0 Å². The van der Waals surface area contributed by atoms with Crippen LogP contribution in [0.15, 0.2) is 0 Å². The van der Waals surface area contributed by atoms with E-state index in [-0.39, 0.29) is 12.2 Å². The molecule has 0 aromatic heterocycles. The SMILES string of the molecule is COC1OCC(COCC2COC(OC)O2)O1. The third-order valence-electron chi connectivity index (χ3n) is 2.44. The van der Waals surface area contributed by atoms with Crippen molar-refractivity contribution in [3.63, 3.8) is 0 Å². The van der Waals surface area contributed by atoms with Gasteiger partial charge in [-0.2, -0.15) is 0 Å². The van der Waals surface area contributed by atoms with Crippen LogP contribution in [-0.2, 0) is 33.2 Å². The molecule has 0 amide bonds. The summed E-state index contributed by atoms with van der Waals surface area (Å²) in [7, 11) is 3.06. The molecule has 2 aliphatic heterocycles. The highest BCUT2D eigenvalue weighted by atomic mass is 16.9. The third-order valence-corrected chi connectivity index (χ3v) is 2.44. The topological polar surface area (TPSA) is 64.6 Å². The number of hydrogen-bond donors (Lipinski definition) is 0. The van der Waals surface area contributed by atoms with E-state index in [2.05, 4.69) is 0 Å². The van der Waals surface area contributed by atoms with Gasteiger partial charge in [0.05, 0.1) is 26.4 Å². The Kier molecular flexibility index (Phi) is 5.11. The summed E-state index contributed by atoms with van der Waals surface area (Å²) in [4.78, 5) is 0. The fourth-order valence-electron chi connectivity index (χ4n) is 1.60. The van der Waals surface area contributed by atoms with Crippen LogP contribution >= 0.6 is 0 Å². The van der Waals surface area contributed by atoms with Crippen LogP contribution < -0.4 is 0 Å². The zero-order valence-corrected chi connectivity index (χ0v) is 10.00. The van der Waals surface area contributed by atoms with E-state index in [0.29, 0.717) is 26.4 Å². The van der Waals surface area contributed by atoms with Gasteiger partial charge in [0.1, 0.15) is 12.2 Å². The minimum atomic E-state index is -0.576. The maximum atomic E-state index is 5.47. The van der Waals surface area contributed by atoms with Gasteiger partial charge < -0.3 is 33.2 Å². The number of rotatable bonds is 6. The molecule has 0 aromatic rings. The molecule has 0 bridgehead atoms. The van der Waals surface area contributed by atoms with E-state index in [1.165, 1.54) is 14.2 Å². The standard InChI is InChI=1S/C10H18O7/c1-11-9-14-5-7(16-9)3-13-4-8-6-15-10(12-2)17-8/h7-10H,3-6H2,1-2H3. The highest BCUT2D eigenvalue weighted by Gasteiger charge is 2.28. The van der Waals surface area contributed by atoms with Crippen LogP contribution in [0, 0.1) is 0 Å². The lowest BCUT2D eigenvalue weighted by Crippen LogP contribution is -2.25. The summed E-state index contributed by atoms with van der Waals surface area (Å²) < 4.78 is 36.3. The molecular weight excluding hydrogens is 232 g/mol. The van der Waals surface area contributed by atoms with Crippen molar-refractivity contribution >= 4 is 0 Å². The monoisotopic (exact) mass is 250 g/mol. The van der Waals surface area contributed by atoms with Crippen LogP contribution in [0.2, 0.25) is 0 Å². The van der Waals surface area contributed by atoms with Crippen LogP contribution in [0.4, 0.5) is 0 Å². The molecule has 2 heterocycles. The van der Waals surface area contributed by atoms with Crippen molar-refractivity contribution in [2.75, 3.05) is 40.6 Å². The Morgan fingerprint density at radius 1 is 0.882 bits per heavy atom. The second-order valence-corrected chi connectivity index (χ2v) is 3.77. The highest BCUT2D eigenvalue weighted by molar-refractivity contribution is 4.64. The van der Waals surface area contributed by atoms with E-state index in [9.17, 15) is 0 Å². The van der Waals surface area contributed by atoms with E-state index in [1.54, 1.807) is 0 Å². The second-order valence-electron chi connectivity index (χ2n) is 3.77. The molecule has 17 heavy (non-hydrogen) atoms. The van der Waals surface area contributed by atoms with Crippen molar-refractivity contribution in [1.29, 1.82) is 0 Å². The summed E-state index contributed by atoms with van der Waals surface area (Å²) in [6.45, 7) is 0.678. The Labute approximate surface area is 99.8 Å². The van der Waals surface area contributed by atoms with Gasteiger partial charge >= 0.3 is 0 Å². The normalized spacial score (nSPS) is 37.8.